The lowest BCUT2D eigenvalue weighted by atomic mass is 10.2. The van der Waals surface area contributed by atoms with Crippen molar-refractivity contribution in [3.8, 4) is 5.75 Å². The number of ether oxygens (including phenoxy) is 1. The quantitative estimate of drug-likeness (QED) is 0.815. The summed E-state index contributed by atoms with van der Waals surface area (Å²) in [6, 6.07) is 7.17. The Morgan fingerprint density at radius 2 is 1.90 bits per heavy atom. The van der Waals surface area contributed by atoms with Crippen molar-refractivity contribution in [3.63, 3.8) is 0 Å². The molecule has 6 heteroatoms. The summed E-state index contributed by atoms with van der Waals surface area (Å²) < 4.78 is 5.19. The molecule has 3 amide bonds. The lowest BCUT2D eigenvalue weighted by Crippen LogP contribution is -2.37. The fourth-order valence-corrected chi connectivity index (χ4v) is 1.59. The Balaban J connectivity index is 2.31. The molecule has 0 saturated carbocycles. The minimum absolute atomic E-state index is 0.0185. The van der Waals surface area contributed by atoms with Gasteiger partial charge in [0.25, 0.3) is 0 Å². The Morgan fingerprint density at radius 1 is 1.20 bits per heavy atom. The van der Waals surface area contributed by atoms with Gasteiger partial charge < -0.3 is 20.3 Å². The van der Waals surface area contributed by atoms with Gasteiger partial charge in [0.1, 0.15) is 5.75 Å². The van der Waals surface area contributed by atoms with Gasteiger partial charge in [-0.2, -0.15) is 0 Å². The number of methoxy groups -OCH3 is 1. The van der Waals surface area contributed by atoms with E-state index in [0.717, 1.165) is 11.3 Å². The SMILES string of the molecule is COc1ccccc1CNC(=O)NCCC(=O)N(C)C. The molecule has 110 valence electrons. The number of carbonyl (C=O) groups excluding carboxylic acids is 2. The monoisotopic (exact) mass is 279 g/mol. The summed E-state index contributed by atoms with van der Waals surface area (Å²) in [5.41, 5.74) is 0.898. The van der Waals surface area contributed by atoms with Gasteiger partial charge in [-0.25, -0.2) is 4.79 Å². The molecule has 0 aliphatic heterocycles. The number of hydrogen-bond donors (Lipinski definition) is 2. The molecule has 0 atom stereocenters. The van der Waals surface area contributed by atoms with Crippen molar-refractivity contribution >= 4 is 11.9 Å². The first-order chi connectivity index (χ1) is 9.54. The van der Waals surface area contributed by atoms with Crippen LogP contribution in [0.1, 0.15) is 12.0 Å². The lowest BCUT2D eigenvalue weighted by molar-refractivity contribution is -0.128. The number of nitrogens with zero attached hydrogens (tertiary/aromatic N) is 1. The van der Waals surface area contributed by atoms with Crippen LogP contribution >= 0.6 is 0 Å². The van der Waals surface area contributed by atoms with Gasteiger partial charge in [0, 0.05) is 39.2 Å². The van der Waals surface area contributed by atoms with Crippen molar-refractivity contribution in [2.45, 2.75) is 13.0 Å². The normalized spacial score (nSPS) is 9.75. The third-order valence-electron chi connectivity index (χ3n) is 2.76. The van der Waals surface area contributed by atoms with E-state index >= 15 is 0 Å². The molecule has 6 nitrogen and oxygen atoms in total. The molecule has 0 bridgehead atoms. The van der Waals surface area contributed by atoms with Gasteiger partial charge in [-0.05, 0) is 6.07 Å². The standard InChI is InChI=1S/C14H21N3O3/c1-17(2)13(18)8-9-15-14(19)16-10-11-6-4-5-7-12(11)20-3/h4-7H,8-10H2,1-3H3,(H2,15,16,19). The second-order valence-corrected chi connectivity index (χ2v) is 4.46. The Kier molecular flexibility index (Phi) is 6.36. The van der Waals surface area contributed by atoms with E-state index in [0.29, 0.717) is 13.1 Å². The van der Waals surface area contributed by atoms with Crippen LogP contribution in [0.5, 0.6) is 5.75 Å². The average molecular weight is 279 g/mol. The summed E-state index contributed by atoms with van der Waals surface area (Å²) in [4.78, 5) is 24.4. The number of rotatable bonds is 6. The van der Waals surface area contributed by atoms with E-state index in [4.69, 9.17) is 4.74 Å². The van der Waals surface area contributed by atoms with E-state index in [1.807, 2.05) is 24.3 Å². The molecule has 0 unspecified atom stereocenters. The zero-order valence-electron chi connectivity index (χ0n) is 12.1. The van der Waals surface area contributed by atoms with Crippen molar-refractivity contribution < 1.29 is 14.3 Å². The van der Waals surface area contributed by atoms with E-state index in [1.54, 1.807) is 21.2 Å². The highest BCUT2D eigenvalue weighted by Crippen LogP contribution is 2.16. The van der Waals surface area contributed by atoms with Crippen LogP contribution in [-0.2, 0) is 11.3 Å². The van der Waals surface area contributed by atoms with E-state index in [1.165, 1.54) is 4.90 Å². The Morgan fingerprint density at radius 3 is 2.55 bits per heavy atom. The number of para-hydroxylation sites is 1. The maximum atomic E-state index is 11.6. The van der Waals surface area contributed by atoms with Gasteiger partial charge in [-0.15, -0.1) is 0 Å². The highest BCUT2D eigenvalue weighted by molar-refractivity contribution is 5.77. The number of hydrogen-bond acceptors (Lipinski definition) is 3. The summed E-state index contributed by atoms with van der Waals surface area (Å²) >= 11 is 0. The van der Waals surface area contributed by atoms with Gasteiger partial charge in [0.05, 0.1) is 7.11 Å². The molecule has 0 spiro atoms. The van der Waals surface area contributed by atoms with Crippen LogP contribution in [0.2, 0.25) is 0 Å². The topological polar surface area (TPSA) is 70.7 Å². The zero-order valence-corrected chi connectivity index (χ0v) is 12.1. The van der Waals surface area contributed by atoms with E-state index in [-0.39, 0.29) is 18.4 Å². The molecular weight excluding hydrogens is 258 g/mol. The van der Waals surface area contributed by atoms with Crippen LogP contribution in [0.4, 0.5) is 4.79 Å². The predicted molar refractivity (Wildman–Crippen MR) is 76.5 cm³/mol. The maximum Gasteiger partial charge on any atom is 0.315 e. The molecule has 0 aliphatic rings. The summed E-state index contributed by atoms with van der Waals surface area (Å²) in [6.07, 6.45) is 0.287. The number of urea groups is 1. The summed E-state index contributed by atoms with van der Waals surface area (Å²) in [6.45, 7) is 0.687. The van der Waals surface area contributed by atoms with Crippen molar-refractivity contribution in [1.29, 1.82) is 0 Å². The van der Waals surface area contributed by atoms with Crippen molar-refractivity contribution in [1.82, 2.24) is 15.5 Å². The highest BCUT2D eigenvalue weighted by atomic mass is 16.5. The van der Waals surface area contributed by atoms with Crippen LogP contribution in [0.3, 0.4) is 0 Å². The van der Waals surface area contributed by atoms with E-state index < -0.39 is 0 Å². The van der Waals surface area contributed by atoms with Crippen LogP contribution in [0, 0.1) is 0 Å². The van der Waals surface area contributed by atoms with E-state index in [9.17, 15) is 9.59 Å². The first-order valence-electron chi connectivity index (χ1n) is 6.38. The molecule has 0 aliphatic carbocycles. The molecule has 0 saturated heterocycles. The van der Waals surface area contributed by atoms with Crippen LogP contribution < -0.4 is 15.4 Å². The van der Waals surface area contributed by atoms with E-state index in [2.05, 4.69) is 10.6 Å². The fraction of sp³-hybridized carbons (Fsp3) is 0.429. The molecule has 1 rings (SSSR count). The summed E-state index contributed by atoms with van der Waals surface area (Å²) in [7, 11) is 4.96. The second-order valence-electron chi connectivity index (χ2n) is 4.46. The minimum atomic E-state index is -0.303. The molecule has 1 aromatic rings. The summed E-state index contributed by atoms with van der Waals surface area (Å²) in [5.74, 6) is 0.714. The largest absolute Gasteiger partial charge is 0.496 e. The van der Waals surface area contributed by atoms with Crippen molar-refractivity contribution in [3.05, 3.63) is 29.8 Å². The molecular formula is C14H21N3O3. The minimum Gasteiger partial charge on any atom is -0.496 e. The molecule has 1 aromatic carbocycles. The molecule has 2 N–H and O–H groups in total. The Bertz CT molecular complexity index is 461. The first kappa shape index (κ1) is 15.8. The van der Waals surface area contributed by atoms with Crippen LogP contribution in [0.15, 0.2) is 24.3 Å². The third kappa shape index (κ3) is 5.17. The van der Waals surface area contributed by atoms with Gasteiger partial charge >= 0.3 is 6.03 Å². The fourth-order valence-electron chi connectivity index (χ4n) is 1.59. The first-order valence-corrected chi connectivity index (χ1v) is 6.38. The van der Waals surface area contributed by atoms with Gasteiger partial charge in [-0.3, -0.25) is 4.79 Å². The number of benzene rings is 1. The number of amides is 3. The molecule has 0 fully saturated rings. The summed E-state index contributed by atoms with van der Waals surface area (Å²) in [5, 5.41) is 5.36. The van der Waals surface area contributed by atoms with Crippen LogP contribution in [0.25, 0.3) is 0 Å². The zero-order chi connectivity index (χ0) is 15.0. The average Bonchev–Trinajstić information content (AvgIpc) is 2.45. The molecule has 0 aromatic heterocycles. The Labute approximate surface area is 119 Å². The highest BCUT2D eigenvalue weighted by Gasteiger charge is 2.06. The number of carbonyl (C=O) groups is 2. The second kappa shape index (κ2) is 8.04. The lowest BCUT2D eigenvalue weighted by Gasteiger charge is -2.12. The van der Waals surface area contributed by atoms with Crippen molar-refractivity contribution in [2.75, 3.05) is 27.7 Å². The number of nitrogens with one attached hydrogen (secondary N) is 2. The molecule has 0 radical (unpaired) electrons. The smallest absolute Gasteiger partial charge is 0.315 e. The van der Waals surface area contributed by atoms with Crippen molar-refractivity contribution in [2.24, 2.45) is 0 Å². The van der Waals surface area contributed by atoms with Gasteiger partial charge in [0.15, 0.2) is 0 Å². The predicted octanol–water partition coefficient (Wildman–Crippen LogP) is 0.973. The van der Waals surface area contributed by atoms with Gasteiger partial charge in [0.2, 0.25) is 5.91 Å². The van der Waals surface area contributed by atoms with Gasteiger partial charge in [-0.1, -0.05) is 18.2 Å². The van der Waals surface area contributed by atoms with Crippen LogP contribution in [-0.4, -0.2) is 44.6 Å². The Hall–Kier alpha value is -2.24. The molecule has 20 heavy (non-hydrogen) atoms. The molecule has 0 heterocycles. The third-order valence-corrected chi connectivity index (χ3v) is 2.76. The maximum absolute atomic E-state index is 11.6.